The summed E-state index contributed by atoms with van der Waals surface area (Å²) in [7, 11) is 0. The number of rotatable bonds is 4. The van der Waals surface area contributed by atoms with Gasteiger partial charge in [0.15, 0.2) is 0 Å². The second kappa shape index (κ2) is 5.05. The van der Waals surface area contributed by atoms with Crippen LogP contribution in [0.3, 0.4) is 0 Å². The molecule has 1 saturated heterocycles. The van der Waals surface area contributed by atoms with Crippen molar-refractivity contribution in [2.24, 2.45) is 0 Å². The number of aromatic nitrogens is 1. The van der Waals surface area contributed by atoms with Crippen molar-refractivity contribution in [3.63, 3.8) is 0 Å². The molecule has 84 valence electrons. The first-order valence-corrected chi connectivity index (χ1v) is 6.39. The average Bonchev–Trinajstić information content (AvgIpc) is 2.85. The molecule has 0 aromatic carbocycles. The van der Waals surface area contributed by atoms with E-state index in [9.17, 15) is 0 Å². The molecule has 15 heavy (non-hydrogen) atoms. The van der Waals surface area contributed by atoms with Crippen LogP contribution in [0, 0.1) is 0 Å². The lowest BCUT2D eigenvalue weighted by molar-refractivity contribution is 0.193. The monoisotopic (exact) mass is 226 g/mol. The van der Waals surface area contributed by atoms with Crippen molar-refractivity contribution in [3.8, 4) is 0 Å². The highest BCUT2D eigenvalue weighted by Crippen LogP contribution is 2.26. The number of ether oxygens (including phenoxy) is 1. The van der Waals surface area contributed by atoms with Gasteiger partial charge in [0.1, 0.15) is 5.01 Å². The van der Waals surface area contributed by atoms with Crippen LogP contribution in [0.4, 0.5) is 0 Å². The van der Waals surface area contributed by atoms with Gasteiger partial charge in [0, 0.05) is 30.5 Å². The average molecular weight is 226 g/mol. The Morgan fingerprint density at radius 3 is 3.20 bits per heavy atom. The molecule has 2 heterocycles. The van der Waals surface area contributed by atoms with Gasteiger partial charge >= 0.3 is 0 Å². The van der Waals surface area contributed by atoms with Gasteiger partial charge in [0.25, 0.3) is 0 Å². The number of thiazole rings is 1. The van der Waals surface area contributed by atoms with Crippen LogP contribution >= 0.6 is 11.3 Å². The summed E-state index contributed by atoms with van der Waals surface area (Å²) in [5.41, 5.74) is 1.22. The summed E-state index contributed by atoms with van der Waals surface area (Å²) >= 11 is 1.75. The van der Waals surface area contributed by atoms with Crippen LogP contribution < -0.4 is 5.32 Å². The molecule has 2 rings (SSSR count). The van der Waals surface area contributed by atoms with Gasteiger partial charge in [-0.15, -0.1) is 11.3 Å². The van der Waals surface area contributed by atoms with E-state index in [1.165, 1.54) is 10.7 Å². The molecule has 1 fully saturated rings. The Morgan fingerprint density at radius 2 is 2.53 bits per heavy atom. The molecule has 0 saturated carbocycles. The van der Waals surface area contributed by atoms with Gasteiger partial charge in [0.2, 0.25) is 0 Å². The first kappa shape index (κ1) is 11.0. The highest BCUT2D eigenvalue weighted by molar-refractivity contribution is 7.09. The van der Waals surface area contributed by atoms with Gasteiger partial charge in [-0.3, -0.25) is 0 Å². The molecule has 1 N–H and O–H groups in total. The maximum atomic E-state index is 5.37. The zero-order valence-electron chi connectivity index (χ0n) is 9.32. The van der Waals surface area contributed by atoms with Crippen LogP contribution in [0.5, 0.6) is 0 Å². The third kappa shape index (κ3) is 3.00. The molecule has 1 aromatic heterocycles. The molecule has 0 bridgehead atoms. The normalized spacial score (nSPS) is 21.4. The zero-order valence-corrected chi connectivity index (χ0v) is 10.1. The summed E-state index contributed by atoms with van der Waals surface area (Å²) in [6, 6.07) is 0.521. The smallest absolute Gasteiger partial charge is 0.107 e. The fourth-order valence-electron chi connectivity index (χ4n) is 1.65. The molecule has 1 aliphatic heterocycles. The van der Waals surface area contributed by atoms with Crippen LogP contribution in [0.2, 0.25) is 0 Å². The summed E-state index contributed by atoms with van der Waals surface area (Å²) in [6.07, 6.45) is 1.13. The minimum atomic E-state index is 0.521. The minimum absolute atomic E-state index is 0.521. The van der Waals surface area contributed by atoms with Crippen molar-refractivity contribution in [2.75, 3.05) is 13.2 Å². The Kier molecular flexibility index (Phi) is 3.72. The predicted molar refractivity (Wildman–Crippen MR) is 62.3 cm³/mol. The van der Waals surface area contributed by atoms with Crippen molar-refractivity contribution in [2.45, 2.75) is 38.8 Å². The van der Waals surface area contributed by atoms with Crippen LogP contribution in [-0.2, 0) is 11.3 Å². The highest BCUT2D eigenvalue weighted by Gasteiger charge is 2.20. The summed E-state index contributed by atoms with van der Waals surface area (Å²) in [6.45, 7) is 6.93. The first-order valence-electron chi connectivity index (χ1n) is 5.51. The molecule has 0 aliphatic carbocycles. The topological polar surface area (TPSA) is 34.2 Å². The first-order chi connectivity index (χ1) is 7.25. The van der Waals surface area contributed by atoms with Gasteiger partial charge < -0.3 is 10.1 Å². The van der Waals surface area contributed by atoms with Crippen molar-refractivity contribution in [3.05, 3.63) is 16.1 Å². The van der Waals surface area contributed by atoms with Gasteiger partial charge in [-0.1, -0.05) is 13.8 Å². The van der Waals surface area contributed by atoms with E-state index in [2.05, 4.69) is 29.5 Å². The van der Waals surface area contributed by atoms with Crippen molar-refractivity contribution < 1.29 is 4.74 Å². The number of nitrogens with one attached hydrogen (secondary N) is 1. The van der Waals surface area contributed by atoms with E-state index in [4.69, 9.17) is 4.74 Å². The Labute approximate surface area is 94.9 Å². The SMILES string of the molecule is CC(C)NCc1nc(C2CCOC2)cs1. The molecular formula is C11H18N2OS. The van der Waals surface area contributed by atoms with Crippen LogP contribution in [-0.4, -0.2) is 24.2 Å². The van der Waals surface area contributed by atoms with Gasteiger partial charge in [-0.25, -0.2) is 4.98 Å². The molecule has 1 unspecified atom stereocenters. The van der Waals surface area contributed by atoms with Crippen LogP contribution in [0.25, 0.3) is 0 Å². The maximum Gasteiger partial charge on any atom is 0.107 e. The summed E-state index contributed by atoms with van der Waals surface area (Å²) in [4.78, 5) is 4.64. The summed E-state index contributed by atoms with van der Waals surface area (Å²) in [5.74, 6) is 0.536. The van der Waals surface area contributed by atoms with E-state index < -0.39 is 0 Å². The second-order valence-corrected chi connectivity index (χ2v) is 5.20. The largest absolute Gasteiger partial charge is 0.381 e. The lowest BCUT2D eigenvalue weighted by Crippen LogP contribution is -2.21. The quantitative estimate of drug-likeness (QED) is 0.854. The third-order valence-corrected chi connectivity index (χ3v) is 3.45. The van der Waals surface area contributed by atoms with E-state index in [0.29, 0.717) is 12.0 Å². The zero-order chi connectivity index (χ0) is 10.7. The summed E-state index contributed by atoms with van der Waals surface area (Å²) in [5, 5.41) is 6.75. The van der Waals surface area contributed by atoms with E-state index >= 15 is 0 Å². The van der Waals surface area contributed by atoms with Gasteiger partial charge in [-0.2, -0.15) is 0 Å². The Balaban J connectivity index is 1.91. The van der Waals surface area contributed by atoms with E-state index in [-0.39, 0.29) is 0 Å². The van der Waals surface area contributed by atoms with E-state index in [1.807, 2.05) is 0 Å². The van der Waals surface area contributed by atoms with E-state index in [0.717, 1.165) is 26.2 Å². The second-order valence-electron chi connectivity index (χ2n) is 4.26. The van der Waals surface area contributed by atoms with Crippen molar-refractivity contribution in [1.82, 2.24) is 10.3 Å². The number of hydrogen-bond donors (Lipinski definition) is 1. The van der Waals surface area contributed by atoms with Gasteiger partial charge in [-0.05, 0) is 6.42 Å². The van der Waals surface area contributed by atoms with E-state index in [1.54, 1.807) is 11.3 Å². The lowest BCUT2D eigenvalue weighted by atomic mass is 10.1. The molecule has 0 amide bonds. The minimum Gasteiger partial charge on any atom is -0.381 e. The van der Waals surface area contributed by atoms with Gasteiger partial charge in [0.05, 0.1) is 12.3 Å². The molecule has 1 aromatic rings. The highest BCUT2D eigenvalue weighted by atomic mass is 32.1. The van der Waals surface area contributed by atoms with Crippen LogP contribution in [0.1, 0.15) is 36.9 Å². The standard InChI is InChI=1S/C11H18N2OS/c1-8(2)12-5-11-13-10(7-15-11)9-3-4-14-6-9/h7-9,12H,3-6H2,1-2H3. The molecule has 3 nitrogen and oxygen atoms in total. The van der Waals surface area contributed by atoms with Crippen molar-refractivity contribution in [1.29, 1.82) is 0 Å². The molecule has 4 heteroatoms. The fraction of sp³-hybridized carbons (Fsp3) is 0.727. The molecule has 0 spiro atoms. The Morgan fingerprint density at radius 1 is 1.67 bits per heavy atom. The van der Waals surface area contributed by atoms with Crippen molar-refractivity contribution >= 4 is 11.3 Å². The summed E-state index contributed by atoms with van der Waals surface area (Å²) < 4.78 is 5.37. The molecule has 1 atom stereocenters. The maximum absolute atomic E-state index is 5.37. The number of hydrogen-bond acceptors (Lipinski definition) is 4. The molecular weight excluding hydrogens is 208 g/mol. The Hall–Kier alpha value is -0.450. The fourth-order valence-corrected chi connectivity index (χ4v) is 2.48. The number of nitrogens with zero attached hydrogens (tertiary/aromatic N) is 1. The predicted octanol–water partition coefficient (Wildman–Crippen LogP) is 2.14. The Bertz CT molecular complexity index is 305. The molecule has 0 radical (unpaired) electrons. The van der Waals surface area contributed by atoms with Crippen LogP contribution in [0.15, 0.2) is 5.38 Å². The lowest BCUT2D eigenvalue weighted by Gasteiger charge is -2.05. The molecule has 1 aliphatic rings. The third-order valence-electron chi connectivity index (χ3n) is 2.58.